The molecule has 0 spiro atoms. The Labute approximate surface area is 207 Å². The van der Waals surface area contributed by atoms with Crippen molar-refractivity contribution in [2.24, 2.45) is 0 Å². The van der Waals surface area contributed by atoms with Crippen molar-refractivity contribution >= 4 is 16.7 Å². The monoisotopic (exact) mass is 485 g/mol. The zero-order valence-corrected chi connectivity index (χ0v) is 19.8. The lowest BCUT2D eigenvalue weighted by Gasteiger charge is -2.19. The summed E-state index contributed by atoms with van der Waals surface area (Å²) in [5, 5.41) is 14.1. The molecule has 0 unspecified atom stereocenters. The molecule has 4 aromatic rings. The lowest BCUT2D eigenvalue weighted by atomic mass is 9.96. The van der Waals surface area contributed by atoms with Gasteiger partial charge in [0.1, 0.15) is 29.4 Å². The van der Waals surface area contributed by atoms with Crippen LogP contribution in [0.15, 0.2) is 77.6 Å². The van der Waals surface area contributed by atoms with Crippen LogP contribution in [0, 0.1) is 17.1 Å². The van der Waals surface area contributed by atoms with E-state index in [0.717, 1.165) is 0 Å². The minimum atomic E-state index is -0.746. The summed E-state index contributed by atoms with van der Waals surface area (Å²) < 4.78 is 25.8. The standard InChI is InChI=1S/C28H24FN3O4/c1-35-21-11-12-22-23(16-21)25(19-9-6-10-20(29)15-19)24(17-30)32(27(22)33)14-13-31-26(28(34)36-2)18-7-4-3-5-8-18/h3-12,15-16,26,31H,13-14H2,1-2H3/t26-/m1/s1. The number of carbonyl (C=O) groups excluding carboxylic acids is 1. The van der Waals surface area contributed by atoms with Crippen LogP contribution >= 0.6 is 0 Å². The number of halogens is 1. The molecule has 1 atom stereocenters. The summed E-state index contributed by atoms with van der Waals surface area (Å²) in [6.07, 6.45) is 0. The lowest BCUT2D eigenvalue weighted by molar-refractivity contribution is -0.143. The number of aromatic nitrogens is 1. The number of nitriles is 1. The predicted molar refractivity (Wildman–Crippen MR) is 134 cm³/mol. The fourth-order valence-corrected chi connectivity index (χ4v) is 4.24. The van der Waals surface area contributed by atoms with Crippen molar-refractivity contribution in [1.82, 2.24) is 9.88 Å². The molecule has 0 bridgehead atoms. The van der Waals surface area contributed by atoms with Gasteiger partial charge >= 0.3 is 5.97 Å². The van der Waals surface area contributed by atoms with Gasteiger partial charge in [-0.05, 0) is 41.5 Å². The minimum absolute atomic E-state index is 0.0856. The number of nitrogens with zero attached hydrogens (tertiary/aromatic N) is 2. The van der Waals surface area contributed by atoms with Crippen LogP contribution in [0.5, 0.6) is 5.75 Å². The van der Waals surface area contributed by atoms with Crippen molar-refractivity contribution in [3.8, 4) is 22.9 Å². The van der Waals surface area contributed by atoms with Crippen molar-refractivity contribution in [2.75, 3.05) is 20.8 Å². The van der Waals surface area contributed by atoms with Gasteiger partial charge in [-0.15, -0.1) is 0 Å². The molecule has 1 aromatic heterocycles. The lowest BCUT2D eigenvalue weighted by Crippen LogP contribution is -2.34. The van der Waals surface area contributed by atoms with E-state index in [1.54, 1.807) is 42.5 Å². The first kappa shape index (κ1) is 24.6. The molecular weight excluding hydrogens is 461 g/mol. The van der Waals surface area contributed by atoms with Crippen LogP contribution < -0.4 is 15.6 Å². The maximum absolute atomic E-state index is 14.1. The zero-order chi connectivity index (χ0) is 25.7. The van der Waals surface area contributed by atoms with Crippen LogP contribution in [0.25, 0.3) is 21.9 Å². The molecule has 0 saturated carbocycles. The van der Waals surface area contributed by atoms with E-state index >= 15 is 0 Å². The van der Waals surface area contributed by atoms with Gasteiger partial charge in [-0.1, -0.05) is 42.5 Å². The maximum Gasteiger partial charge on any atom is 0.327 e. The molecule has 0 radical (unpaired) electrons. The average Bonchev–Trinajstić information content (AvgIpc) is 2.91. The van der Waals surface area contributed by atoms with Crippen molar-refractivity contribution in [2.45, 2.75) is 12.6 Å². The van der Waals surface area contributed by atoms with Gasteiger partial charge < -0.3 is 9.47 Å². The van der Waals surface area contributed by atoms with Crippen molar-refractivity contribution < 1.29 is 18.7 Å². The number of rotatable bonds is 8. The van der Waals surface area contributed by atoms with Crippen LogP contribution in [0.1, 0.15) is 17.3 Å². The largest absolute Gasteiger partial charge is 0.497 e. The van der Waals surface area contributed by atoms with Crippen molar-refractivity contribution in [3.63, 3.8) is 0 Å². The highest BCUT2D eigenvalue weighted by Gasteiger charge is 2.22. The smallest absolute Gasteiger partial charge is 0.327 e. The summed E-state index contributed by atoms with van der Waals surface area (Å²) in [7, 11) is 2.81. The number of benzene rings is 3. The molecular formula is C28H24FN3O4. The summed E-state index contributed by atoms with van der Waals surface area (Å²) in [6.45, 7) is 0.278. The number of fused-ring (bicyclic) bond motifs is 1. The first-order chi connectivity index (χ1) is 17.5. The number of hydrogen-bond acceptors (Lipinski definition) is 6. The highest BCUT2D eigenvalue weighted by Crippen LogP contribution is 2.33. The van der Waals surface area contributed by atoms with Crippen LogP contribution in [0.4, 0.5) is 4.39 Å². The molecule has 0 amide bonds. The van der Waals surface area contributed by atoms with Gasteiger partial charge in [0.25, 0.3) is 5.56 Å². The van der Waals surface area contributed by atoms with E-state index in [4.69, 9.17) is 9.47 Å². The van der Waals surface area contributed by atoms with E-state index in [2.05, 4.69) is 11.4 Å². The topological polar surface area (TPSA) is 93.3 Å². The van der Waals surface area contributed by atoms with Gasteiger partial charge in [-0.2, -0.15) is 5.26 Å². The van der Waals surface area contributed by atoms with Crippen LogP contribution in [-0.2, 0) is 16.1 Å². The van der Waals surface area contributed by atoms with Crippen LogP contribution in [-0.4, -0.2) is 31.3 Å². The number of hydrogen-bond donors (Lipinski definition) is 1. The SMILES string of the molecule is COC(=O)[C@H](NCCn1c(C#N)c(-c2cccc(F)c2)c2cc(OC)ccc2c1=O)c1ccccc1. The van der Waals surface area contributed by atoms with Gasteiger partial charge in [0.2, 0.25) is 0 Å². The Morgan fingerprint density at radius 3 is 2.50 bits per heavy atom. The Morgan fingerprint density at radius 2 is 1.83 bits per heavy atom. The number of methoxy groups -OCH3 is 2. The van der Waals surface area contributed by atoms with Crippen molar-refractivity contribution in [1.29, 1.82) is 5.26 Å². The molecule has 182 valence electrons. The van der Waals surface area contributed by atoms with Gasteiger partial charge in [0, 0.05) is 29.4 Å². The molecule has 8 heteroatoms. The molecule has 0 aliphatic rings. The summed E-state index contributed by atoms with van der Waals surface area (Å²) in [6, 6.07) is 21.3. The first-order valence-corrected chi connectivity index (χ1v) is 11.2. The second kappa shape index (κ2) is 10.8. The quantitative estimate of drug-likeness (QED) is 0.376. The second-order valence-corrected chi connectivity index (χ2v) is 8.04. The summed E-state index contributed by atoms with van der Waals surface area (Å²) in [4.78, 5) is 25.9. The predicted octanol–water partition coefficient (Wildman–Crippen LogP) is 4.19. The van der Waals surface area contributed by atoms with E-state index in [-0.39, 0.29) is 24.3 Å². The summed E-state index contributed by atoms with van der Waals surface area (Å²) in [5.74, 6) is -0.428. The first-order valence-electron chi connectivity index (χ1n) is 11.2. The van der Waals surface area contributed by atoms with Crippen LogP contribution in [0.2, 0.25) is 0 Å². The Kier molecular flexibility index (Phi) is 7.42. The number of carbonyl (C=O) groups is 1. The second-order valence-electron chi connectivity index (χ2n) is 8.04. The zero-order valence-electron chi connectivity index (χ0n) is 19.8. The third-order valence-electron chi connectivity index (χ3n) is 5.95. The highest BCUT2D eigenvalue weighted by atomic mass is 19.1. The fraction of sp³-hybridized carbons (Fsp3) is 0.179. The molecule has 0 aliphatic heterocycles. The van der Waals surface area contributed by atoms with Gasteiger partial charge in [0.15, 0.2) is 0 Å². The van der Waals surface area contributed by atoms with E-state index < -0.39 is 17.8 Å². The molecule has 0 fully saturated rings. The number of esters is 1. The normalized spacial score (nSPS) is 11.6. The summed E-state index contributed by atoms with van der Waals surface area (Å²) in [5.41, 5.74) is 1.31. The number of nitrogens with one attached hydrogen (secondary N) is 1. The van der Waals surface area contributed by atoms with Crippen molar-refractivity contribution in [3.05, 3.63) is 100 Å². The molecule has 36 heavy (non-hydrogen) atoms. The van der Waals surface area contributed by atoms with E-state index in [1.165, 1.54) is 30.9 Å². The molecule has 7 nitrogen and oxygen atoms in total. The highest BCUT2D eigenvalue weighted by molar-refractivity contribution is 5.99. The average molecular weight is 486 g/mol. The molecule has 1 heterocycles. The molecule has 4 rings (SSSR count). The van der Waals surface area contributed by atoms with E-state index in [0.29, 0.717) is 33.2 Å². The van der Waals surface area contributed by atoms with Gasteiger partial charge in [-0.3, -0.25) is 14.7 Å². The molecule has 3 aromatic carbocycles. The summed E-state index contributed by atoms with van der Waals surface area (Å²) >= 11 is 0. The minimum Gasteiger partial charge on any atom is -0.497 e. The third-order valence-corrected chi connectivity index (χ3v) is 5.95. The third kappa shape index (κ3) is 4.83. The molecule has 0 saturated heterocycles. The Hall–Kier alpha value is -4.48. The Morgan fingerprint density at radius 1 is 1.06 bits per heavy atom. The van der Waals surface area contributed by atoms with Gasteiger partial charge in [-0.25, -0.2) is 9.18 Å². The van der Waals surface area contributed by atoms with Gasteiger partial charge in [0.05, 0.1) is 14.2 Å². The molecule has 0 aliphatic carbocycles. The van der Waals surface area contributed by atoms with E-state index in [9.17, 15) is 19.2 Å². The van der Waals surface area contributed by atoms with Crippen LogP contribution in [0.3, 0.4) is 0 Å². The maximum atomic E-state index is 14.1. The fourth-order valence-electron chi connectivity index (χ4n) is 4.24. The Balaban J connectivity index is 1.80. The molecule has 1 N–H and O–H groups in total. The number of ether oxygens (including phenoxy) is 2. The Bertz CT molecular complexity index is 1510. The number of pyridine rings is 1. The van der Waals surface area contributed by atoms with E-state index in [1.807, 2.05) is 18.2 Å².